The molecule has 5 heteroatoms. The molecule has 1 amide bonds. The van der Waals surface area contributed by atoms with E-state index in [1.54, 1.807) is 0 Å². The van der Waals surface area contributed by atoms with E-state index in [-0.39, 0.29) is 17.9 Å². The average Bonchev–Trinajstić information content (AvgIpc) is 3.26. The average molecular weight is 457 g/mol. The molecule has 0 spiro atoms. The van der Waals surface area contributed by atoms with Crippen molar-refractivity contribution in [3.8, 4) is 0 Å². The van der Waals surface area contributed by atoms with E-state index < -0.39 is 0 Å². The lowest BCUT2D eigenvalue weighted by atomic mass is 9.84. The van der Waals surface area contributed by atoms with E-state index in [0.717, 1.165) is 37.1 Å². The van der Waals surface area contributed by atoms with E-state index in [1.807, 2.05) is 0 Å². The first-order valence-corrected chi connectivity index (χ1v) is 13.2. The van der Waals surface area contributed by atoms with Crippen molar-refractivity contribution in [1.29, 1.82) is 0 Å². The second kappa shape index (κ2) is 9.18. The Morgan fingerprint density at radius 2 is 1.68 bits per heavy atom. The summed E-state index contributed by atoms with van der Waals surface area (Å²) in [6.07, 6.45) is 9.24. The van der Waals surface area contributed by atoms with E-state index in [0.29, 0.717) is 18.1 Å². The molecule has 2 aromatic carbocycles. The first kappa shape index (κ1) is 21.8. The Hall–Kier alpha value is -2.66. The molecule has 2 aliphatic heterocycles. The number of nitrogens with one attached hydrogen (secondary N) is 1. The molecule has 1 aromatic heterocycles. The van der Waals surface area contributed by atoms with Crippen LogP contribution in [0.4, 0.5) is 0 Å². The number of para-hydroxylation sites is 2. The summed E-state index contributed by atoms with van der Waals surface area (Å²) in [7, 11) is 0. The number of hydrogen-bond acceptors (Lipinski definition) is 3. The van der Waals surface area contributed by atoms with Crippen LogP contribution in [0.5, 0.6) is 0 Å². The van der Waals surface area contributed by atoms with Gasteiger partial charge in [0.05, 0.1) is 17.1 Å². The van der Waals surface area contributed by atoms with Gasteiger partial charge in [0.25, 0.3) is 0 Å². The molecule has 34 heavy (non-hydrogen) atoms. The minimum absolute atomic E-state index is 0.103. The second-order valence-electron chi connectivity index (χ2n) is 10.7. The van der Waals surface area contributed by atoms with E-state index >= 15 is 0 Å². The van der Waals surface area contributed by atoms with E-state index in [4.69, 9.17) is 4.98 Å². The van der Waals surface area contributed by atoms with Crippen LogP contribution in [-0.2, 0) is 4.79 Å². The van der Waals surface area contributed by atoms with Gasteiger partial charge in [0.15, 0.2) is 0 Å². The van der Waals surface area contributed by atoms with Gasteiger partial charge in [-0.05, 0) is 69.6 Å². The maximum absolute atomic E-state index is 12.8. The highest BCUT2D eigenvalue weighted by Crippen LogP contribution is 2.42. The predicted molar refractivity (Wildman–Crippen MR) is 136 cm³/mol. The number of piperidine rings is 1. The van der Waals surface area contributed by atoms with E-state index in [2.05, 4.69) is 76.3 Å². The molecule has 3 heterocycles. The molecule has 4 atom stereocenters. The largest absolute Gasteiger partial charge is 0.349 e. The highest BCUT2D eigenvalue weighted by molar-refractivity contribution is 5.79. The zero-order valence-electron chi connectivity index (χ0n) is 20.2. The summed E-state index contributed by atoms with van der Waals surface area (Å²) in [4.78, 5) is 20.4. The van der Waals surface area contributed by atoms with E-state index in [1.165, 1.54) is 43.2 Å². The molecule has 1 aliphatic carbocycles. The number of rotatable bonds is 7. The molecule has 1 N–H and O–H groups in total. The minimum Gasteiger partial charge on any atom is -0.349 e. The summed E-state index contributed by atoms with van der Waals surface area (Å²) in [6.45, 7) is 3.21. The van der Waals surface area contributed by atoms with Crippen molar-refractivity contribution >= 4 is 16.9 Å². The first-order valence-electron chi connectivity index (χ1n) is 13.2. The van der Waals surface area contributed by atoms with Gasteiger partial charge in [-0.1, -0.05) is 48.9 Å². The molecule has 178 valence electrons. The topological polar surface area (TPSA) is 50.2 Å². The summed E-state index contributed by atoms with van der Waals surface area (Å²) in [5.41, 5.74) is 3.63. The zero-order chi connectivity index (χ0) is 23.1. The highest BCUT2D eigenvalue weighted by Gasteiger charge is 2.42. The van der Waals surface area contributed by atoms with Crippen LogP contribution in [-0.4, -0.2) is 39.0 Å². The number of nitrogens with zero attached hydrogens (tertiary/aromatic N) is 3. The third-order valence-electron chi connectivity index (χ3n) is 8.67. The molecular weight excluding hydrogens is 420 g/mol. The standard InChI is InChI=1S/C29H36N4O/c1-20-30-27-12-5-6-13-28(27)33(20)25-18-23-14-15-24(19-25)32(23)17-16-26(21-8-3-2-4-9-21)31-29(34)22-10-7-11-22/h2-6,8-9,12-13,22-26H,7,10-11,14-19H2,1H3,(H,31,34)/t23-,24+,25+,26-/m0/s1. The van der Waals surface area contributed by atoms with Crippen molar-refractivity contribution in [1.82, 2.24) is 19.8 Å². The zero-order valence-corrected chi connectivity index (χ0v) is 20.2. The van der Waals surface area contributed by atoms with Crippen molar-refractivity contribution in [2.24, 2.45) is 5.92 Å². The number of amides is 1. The summed E-state index contributed by atoms with van der Waals surface area (Å²) in [5, 5.41) is 3.41. The van der Waals surface area contributed by atoms with Crippen molar-refractivity contribution in [3.05, 3.63) is 66.0 Å². The van der Waals surface area contributed by atoms with Gasteiger partial charge in [-0.3, -0.25) is 9.69 Å². The Morgan fingerprint density at radius 1 is 0.971 bits per heavy atom. The van der Waals surface area contributed by atoms with Crippen LogP contribution < -0.4 is 5.32 Å². The number of carbonyl (C=O) groups is 1. The van der Waals surface area contributed by atoms with Crippen LogP contribution in [0.2, 0.25) is 0 Å². The maximum Gasteiger partial charge on any atom is 0.223 e. The number of aromatic nitrogens is 2. The lowest BCUT2D eigenvalue weighted by Gasteiger charge is -2.40. The number of imidazole rings is 1. The molecule has 2 saturated heterocycles. The van der Waals surface area contributed by atoms with Gasteiger partial charge in [-0.2, -0.15) is 0 Å². The minimum atomic E-state index is 0.103. The summed E-state index contributed by atoms with van der Waals surface area (Å²) < 4.78 is 2.50. The summed E-state index contributed by atoms with van der Waals surface area (Å²) in [6, 6.07) is 21.0. The van der Waals surface area contributed by atoms with Gasteiger partial charge in [0.1, 0.15) is 5.82 Å². The third kappa shape index (κ3) is 4.04. The van der Waals surface area contributed by atoms with Crippen molar-refractivity contribution in [2.75, 3.05) is 6.54 Å². The molecule has 6 rings (SSSR count). The Morgan fingerprint density at radius 3 is 2.38 bits per heavy atom. The maximum atomic E-state index is 12.8. The molecule has 0 radical (unpaired) electrons. The Bertz CT molecular complexity index is 1140. The third-order valence-corrected chi connectivity index (χ3v) is 8.67. The number of carbonyl (C=O) groups excluding carboxylic acids is 1. The lowest BCUT2D eigenvalue weighted by molar-refractivity contribution is -0.128. The number of fused-ring (bicyclic) bond motifs is 3. The Kier molecular flexibility index (Phi) is 5.90. The Labute approximate surface area is 202 Å². The van der Waals surface area contributed by atoms with Gasteiger partial charge in [0.2, 0.25) is 5.91 Å². The van der Waals surface area contributed by atoms with Crippen molar-refractivity contribution in [3.63, 3.8) is 0 Å². The fraction of sp³-hybridized carbons (Fsp3) is 0.517. The summed E-state index contributed by atoms with van der Waals surface area (Å²) >= 11 is 0. The van der Waals surface area contributed by atoms with Crippen LogP contribution in [0, 0.1) is 12.8 Å². The predicted octanol–water partition coefficient (Wildman–Crippen LogP) is 5.56. The highest BCUT2D eigenvalue weighted by atomic mass is 16.2. The molecule has 3 aromatic rings. The lowest BCUT2D eigenvalue weighted by Crippen LogP contribution is -2.45. The number of benzene rings is 2. The normalized spacial score (nSPS) is 25.9. The first-order chi connectivity index (χ1) is 16.7. The number of aryl methyl sites for hydroxylation is 1. The molecular formula is C29H36N4O. The van der Waals surface area contributed by atoms with Gasteiger partial charge < -0.3 is 9.88 Å². The smallest absolute Gasteiger partial charge is 0.223 e. The molecule has 2 bridgehead atoms. The van der Waals surface area contributed by atoms with Gasteiger partial charge >= 0.3 is 0 Å². The molecule has 5 nitrogen and oxygen atoms in total. The molecule has 1 saturated carbocycles. The SMILES string of the molecule is Cc1nc2ccccc2n1[C@H]1C[C@H]2CC[C@@H](C1)N2CC[C@H](NC(=O)C1CCC1)c1ccccc1. The second-order valence-corrected chi connectivity index (χ2v) is 10.7. The molecule has 3 aliphatic rings. The quantitative estimate of drug-likeness (QED) is 0.506. The molecule has 0 unspecified atom stereocenters. The van der Waals surface area contributed by atoms with Gasteiger partial charge in [-0.25, -0.2) is 4.98 Å². The fourth-order valence-corrected chi connectivity index (χ4v) is 6.69. The van der Waals surface area contributed by atoms with Crippen molar-refractivity contribution in [2.45, 2.75) is 82.5 Å². The monoisotopic (exact) mass is 456 g/mol. The number of hydrogen-bond donors (Lipinski definition) is 1. The van der Waals surface area contributed by atoms with Crippen LogP contribution in [0.25, 0.3) is 11.0 Å². The van der Waals surface area contributed by atoms with Crippen LogP contribution >= 0.6 is 0 Å². The Balaban J connectivity index is 1.15. The van der Waals surface area contributed by atoms with Crippen LogP contribution in [0.15, 0.2) is 54.6 Å². The van der Waals surface area contributed by atoms with Crippen LogP contribution in [0.3, 0.4) is 0 Å². The van der Waals surface area contributed by atoms with E-state index in [9.17, 15) is 4.79 Å². The summed E-state index contributed by atoms with van der Waals surface area (Å²) in [5.74, 6) is 1.62. The fourth-order valence-electron chi connectivity index (χ4n) is 6.69. The van der Waals surface area contributed by atoms with Gasteiger partial charge in [0, 0.05) is 30.6 Å². The van der Waals surface area contributed by atoms with Gasteiger partial charge in [-0.15, -0.1) is 0 Å². The molecule has 3 fully saturated rings. The van der Waals surface area contributed by atoms with Crippen molar-refractivity contribution < 1.29 is 4.79 Å². The van der Waals surface area contributed by atoms with Crippen LogP contribution in [0.1, 0.15) is 74.8 Å².